The first-order valence-corrected chi connectivity index (χ1v) is 22.8. The lowest BCUT2D eigenvalue weighted by atomic mass is 10.1. The van der Waals surface area contributed by atoms with E-state index in [1.807, 2.05) is 11.3 Å². The molecule has 4 heteroatoms. The lowest BCUT2D eigenvalue weighted by molar-refractivity contribution is 1.18. The molecule has 2 nitrogen and oxygen atoms in total. The molecule has 0 spiro atoms. The van der Waals surface area contributed by atoms with Crippen LogP contribution in [0.1, 0.15) is 0 Å². The Bertz CT molecular complexity index is 3450. The van der Waals surface area contributed by atoms with Crippen molar-refractivity contribution in [2.45, 2.75) is 0 Å². The minimum absolute atomic E-state index is 1.17. The van der Waals surface area contributed by atoms with Crippen LogP contribution in [0.25, 0.3) is 75.2 Å². The Morgan fingerprint density at radius 1 is 0.310 bits per heavy atom. The summed E-state index contributed by atoms with van der Waals surface area (Å²) in [5.41, 5.74) is 7.24. The number of para-hydroxylation sites is 3. The third kappa shape index (κ3) is 4.70. The molecule has 272 valence electrons. The van der Waals surface area contributed by atoms with Crippen LogP contribution in [0, 0.1) is 0 Å². The van der Waals surface area contributed by atoms with Gasteiger partial charge in [0, 0.05) is 53.1 Å². The second-order valence-corrected chi connectivity index (χ2v) is 20.0. The molecule has 0 fully saturated rings. The molecule has 0 aliphatic carbocycles. The van der Waals surface area contributed by atoms with Gasteiger partial charge in [-0.05, 0) is 75.3 Å². The number of rotatable bonds is 6. The summed E-state index contributed by atoms with van der Waals surface area (Å²) in [6.45, 7) is 0. The molecule has 0 N–H and O–H groups in total. The van der Waals surface area contributed by atoms with E-state index < -0.39 is 8.07 Å². The molecule has 0 amide bonds. The van der Waals surface area contributed by atoms with E-state index >= 15 is 0 Å². The van der Waals surface area contributed by atoms with Gasteiger partial charge in [0.05, 0.1) is 22.1 Å². The molecular weight excluding hydrogens is 737 g/mol. The van der Waals surface area contributed by atoms with Crippen molar-refractivity contribution >= 4 is 104 Å². The number of fused-ring (bicyclic) bond motifs is 10. The largest absolute Gasteiger partial charge is 0.309 e. The van der Waals surface area contributed by atoms with Gasteiger partial charge in [0.2, 0.25) is 0 Å². The van der Waals surface area contributed by atoms with Gasteiger partial charge in [0.15, 0.2) is 8.07 Å². The summed E-state index contributed by atoms with van der Waals surface area (Å²) in [5.74, 6) is 0. The fraction of sp³-hybridized carbons (Fsp3) is 0. The highest BCUT2D eigenvalue weighted by atomic mass is 32.1. The van der Waals surface area contributed by atoms with Gasteiger partial charge in [0.25, 0.3) is 0 Å². The van der Waals surface area contributed by atoms with Gasteiger partial charge in [-0.2, -0.15) is 0 Å². The minimum atomic E-state index is -2.96. The molecule has 58 heavy (non-hydrogen) atoms. The highest BCUT2D eigenvalue weighted by molar-refractivity contribution is 7.26. The average molecular weight is 773 g/mol. The number of nitrogens with zero attached hydrogens (tertiary/aromatic N) is 2. The Kier molecular flexibility index (Phi) is 7.46. The molecule has 3 aromatic heterocycles. The summed E-state index contributed by atoms with van der Waals surface area (Å²) in [7, 11) is -2.96. The second kappa shape index (κ2) is 13.0. The van der Waals surface area contributed by atoms with Crippen molar-refractivity contribution in [3.05, 3.63) is 218 Å². The molecule has 9 aromatic carbocycles. The zero-order chi connectivity index (χ0) is 38.2. The van der Waals surface area contributed by atoms with Gasteiger partial charge in [-0.15, -0.1) is 11.3 Å². The van der Waals surface area contributed by atoms with Gasteiger partial charge in [-0.1, -0.05) is 164 Å². The zero-order valence-electron chi connectivity index (χ0n) is 31.6. The van der Waals surface area contributed by atoms with E-state index in [1.54, 1.807) is 0 Å². The molecule has 0 aliphatic rings. The van der Waals surface area contributed by atoms with Gasteiger partial charge >= 0.3 is 0 Å². The van der Waals surface area contributed by atoms with E-state index in [2.05, 4.69) is 228 Å². The van der Waals surface area contributed by atoms with Gasteiger partial charge in [-0.3, -0.25) is 0 Å². The lowest BCUT2D eigenvalue weighted by Gasteiger charge is -2.35. The van der Waals surface area contributed by atoms with Gasteiger partial charge in [0.1, 0.15) is 0 Å². The molecule has 12 aromatic rings. The van der Waals surface area contributed by atoms with Crippen molar-refractivity contribution in [3.8, 4) is 11.4 Å². The van der Waals surface area contributed by atoms with E-state index in [9.17, 15) is 0 Å². The Balaban J connectivity index is 1.15. The third-order valence-corrected chi connectivity index (χ3v) is 18.3. The molecule has 0 radical (unpaired) electrons. The van der Waals surface area contributed by atoms with Crippen LogP contribution in [0.4, 0.5) is 0 Å². The summed E-state index contributed by atoms with van der Waals surface area (Å²) in [6, 6.07) is 81.4. The van der Waals surface area contributed by atoms with Crippen LogP contribution in [-0.4, -0.2) is 17.2 Å². The standard InChI is InChI=1S/C54H36N2SSi/c1-4-17-37(18-5-1)55-46-26-13-10-24-44(46)52-48(55)28-16-30-51(52)58(39-19-6-2-7-20-39,40-21-8-3-9-22-40)41-33-31-38(32-34-41)56-47-27-14-11-25-45(47)53-49(56)36-35-43-42-23-12-15-29-50(42)57-54(43)53/h1-36H. The maximum absolute atomic E-state index is 2.96. The van der Waals surface area contributed by atoms with E-state index in [4.69, 9.17) is 0 Å². The first kappa shape index (κ1) is 33.2. The van der Waals surface area contributed by atoms with Crippen LogP contribution in [0.5, 0.6) is 0 Å². The number of benzene rings is 9. The maximum atomic E-state index is 2.47. The van der Waals surface area contributed by atoms with Crippen molar-refractivity contribution in [3.63, 3.8) is 0 Å². The fourth-order valence-electron chi connectivity index (χ4n) is 9.90. The molecule has 0 saturated heterocycles. The van der Waals surface area contributed by atoms with Crippen LogP contribution < -0.4 is 20.7 Å². The van der Waals surface area contributed by atoms with Crippen LogP contribution in [0.3, 0.4) is 0 Å². The minimum Gasteiger partial charge on any atom is -0.309 e. The van der Waals surface area contributed by atoms with Crippen LogP contribution >= 0.6 is 11.3 Å². The summed E-state index contributed by atoms with van der Waals surface area (Å²) in [4.78, 5) is 0. The number of thiophene rings is 1. The Morgan fingerprint density at radius 3 is 1.45 bits per heavy atom. The molecule has 3 heterocycles. The molecule has 12 rings (SSSR count). The highest BCUT2D eigenvalue weighted by Gasteiger charge is 2.43. The summed E-state index contributed by atoms with van der Waals surface area (Å²) < 4.78 is 7.60. The molecule has 0 bridgehead atoms. The Labute approximate surface area is 341 Å². The SMILES string of the molecule is c1ccc(-n2c3ccccc3c3c([Si](c4ccccc4)(c4ccccc4)c4ccc(-n5c6ccccc6c6c7sc8ccccc8c7ccc65)cc4)cccc32)cc1. The summed E-state index contributed by atoms with van der Waals surface area (Å²) >= 11 is 1.91. The maximum Gasteiger partial charge on any atom is 0.180 e. The highest BCUT2D eigenvalue weighted by Crippen LogP contribution is 2.43. The third-order valence-electron chi connectivity index (χ3n) is 12.3. The predicted molar refractivity (Wildman–Crippen MR) is 252 cm³/mol. The van der Waals surface area contributed by atoms with Crippen LogP contribution in [0.2, 0.25) is 0 Å². The van der Waals surface area contributed by atoms with Crippen LogP contribution in [0.15, 0.2) is 218 Å². The molecular formula is C54H36N2SSi. The average Bonchev–Trinajstić information content (AvgIpc) is 3.96. The fourth-order valence-corrected chi connectivity index (χ4v) is 16.1. The van der Waals surface area contributed by atoms with Crippen molar-refractivity contribution in [2.75, 3.05) is 0 Å². The molecule has 0 aliphatic heterocycles. The Morgan fingerprint density at radius 2 is 0.793 bits per heavy atom. The smallest absolute Gasteiger partial charge is 0.180 e. The zero-order valence-corrected chi connectivity index (χ0v) is 33.4. The van der Waals surface area contributed by atoms with Crippen LogP contribution in [-0.2, 0) is 0 Å². The number of hydrogen-bond donors (Lipinski definition) is 0. The first-order chi connectivity index (χ1) is 28.8. The van der Waals surface area contributed by atoms with E-state index in [1.165, 1.54) is 95.9 Å². The molecule has 0 unspecified atom stereocenters. The predicted octanol–water partition coefficient (Wildman–Crippen LogP) is 11.6. The van der Waals surface area contributed by atoms with Gasteiger partial charge in [-0.25, -0.2) is 0 Å². The summed E-state index contributed by atoms with van der Waals surface area (Å²) in [6.07, 6.45) is 0. The Hall–Kier alpha value is -6.98. The van der Waals surface area contributed by atoms with E-state index in [0.717, 1.165) is 0 Å². The monoisotopic (exact) mass is 772 g/mol. The molecule has 0 atom stereocenters. The normalized spacial score (nSPS) is 12.1. The number of hydrogen-bond acceptors (Lipinski definition) is 1. The topological polar surface area (TPSA) is 9.86 Å². The van der Waals surface area contributed by atoms with Crippen molar-refractivity contribution in [2.24, 2.45) is 0 Å². The number of aromatic nitrogens is 2. The first-order valence-electron chi connectivity index (χ1n) is 19.9. The quantitative estimate of drug-likeness (QED) is 0.118. The second-order valence-electron chi connectivity index (χ2n) is 15.2. The van der Waals surface area contributed by atoms with Crippen molar-refractivity contribution in [1.82, 2.24) is 9.13 Å². The van der Waals surface area contributed by atoms with E-state index in [0.29, 0.717) is 0 Å². The van der Waals surface area contributed by atoms with E-state index in [-0.39, 0.29) is 0 Å². The van der Waals surface area contributed by atoms with Crippen molar-refractivity contribution < 1.29 is 0 Å². The summed E-state index contributed by atoms with van der Waals surface area (Å²) in [5, 5.41) is 13.3. The van der Waals surface area contributed by atoms with Crippen molar-refractivity contribution in [1.29, 1.82) is 0 Å². The lowest BCUT2D eigenvalue weighted by Crippen LogP contribution is -2.74. The molecule has 0 saturated carbocycles. The van der Waals surface area contributed by atoms with Gasteiger partial charge < -0.3 is 9.13 Å².